The number of likely N-dealkylation sites (tertiary alicyclic amines) is 1. The first-order chi connectivity index (χ1) is 10.2. The lowest BCUT2D eigenvalue weighted by molar-refractivity contribution is -0.125. The summed E-state index contributed by atoms with van der Waals surface area (Å²) < 4.78 is 0. The summed E-state index contributed by atoms with van der Waals surface area (Å²) in [6, 6.07) is 0.715. The summed E-state index contributed by atoms with van der Waals surface area (Å²) in [4.78, 5) is 14.8. The van der Waals surface area contributed by atoms with Crippen LogP contribution < -0.4 is 5.32 Å². The first-order valence-corrected chi connectivity index (χ1v) is 9.64. The van der Waals surface area contributed by atoms with Crippen LogP contribution in [0.4, 0.5) is 0 Å². The van der Waals surface area contributed by atoms with Crippen molar-refractivity contribution in [3.8, 4) is 0 Å². The number of hydrogen-bond acceptors (Lipinski definition) is 4. The maximum absolute atomic E-state index is 12.3. The molecule has 1 saturated carbocycles. The monoisotopic (exact) mass is 312 g/mol. The number of carbonyl (C=O) groups is 1. The summed E-state index contributed by atoms with van der Waals surface area (Å²) in [5.74, 6) is 2.04. The topological polar surface area (TPSA) is 52.6 Å². The molecule has 0 aromatic heterocycles. The molecule has 3 aliphatic rings. The fourth-order valence-electron chi connectivity index (χ4n) is 3.91. The molecule has 0 radical (unpaired) electrons. The van der Waals surface area contributed by atoms with Gasteiger partial charge < -0.3 is 10.4 Å². The van der Waals surface area contributed by atoms with E-state index in [1.807, 2.05) is 0 Å². The van der Waals surface area contributed by atoms with E-state index in [1.54, 1.807) is 11.8 Å². The number of aliphatic hydroxyl groups is 1. The first-order valence-electron chi connectivity index (χ1n) is 8.48. The molecule has 2 unspecified atom stereocenters. The van der Waals surface area contributed by atoms with Crippen molar-refractivity contribution >= 4 is 17.7 Å². The molecule has 3 rings (SSSR count). The molecule has 0 bridgehead atoms. The van der Waals surface area contributed by atoms with Gasteiger partial charge in [-0.3, -0.25) is 9.69 Å². The number of thioether (sulfide) groups is 1. The van der Waals surface area contributed by atoms with Crippen molar-refractivity contribution < 1.29 is 9.90 Å². The second-order valence-corrected chi connectivity index (χ2v) is 8.12. The van der Waals surface area contributed by atoms with Gasteiger partial charge >= 0.3 is 0 Å². The standard InChI is InChI=1S/C16H28N2O2S/c19-15(17-11-16(20)7-9-21-12-16)13-6-8-18(10-13)14-4-2-1-3-5-14/h13-14,20H,1-12H2,(H,17,19). The molecule has 0 aromatic carbocycles. The van der Waals surface area contributed by atoms with E-state index < -0.39 is 5.60 Å². The zero-order chi connectivity index (χ0) is 14.7. The van der Waals surface area contributed by atoms with Crippen molar-refractivity contribution in [2.45, 2.75) is 56.6 Å². The Morgan fingerprint density at radius 1 is 1.29 bits per heavy atom. The van der Waals surface area contributed by atoms with Crippen molar-refractivity contribution in [1.29, 1.82) is 0 Å². The van der Waals surface area contributed by atoms with Crippen molar-refractivity contribution in [1.82, 2.24) is 10.2 Å². The van der Waals surface area contributed by atoms with E-state index in [4.69, 9.17) is 0 Å². The van der Waals surface area contributed by atoms with Crippen LogP contribution in [0.25, 0.3) is 0 Å². The molecule has 0 aromatic rings. The van der Waals surface area contributed by atoms with Crippen molar-refractivity contribution in [3.63, 3.8) is 0 Å². The van der Waals surface area contributed by atoms with Crippen molar-refractivity contribution in [2.75, 3.05) is 31.1 Å². The Hall–Kier alpha value is -0.260. The third kappa shape index (κ3) is 3.93. The van der Waals surface area contributed by atoms with E-state index in [0.717, 1.165) is 37.4 Å². The number of nitrogens with zero attached hydrogens (tertiary/aromatic N) is 1. The van der Waals surface area contributed by atoms with E-state index in [9.17, 15) is 9.90 Å². The Kier molecular flexibility index (Phi) is 5.12. The van der Waals surface area contributed by atoms with Gasteiger partial charge in [-0.15, -0.1) is 0 Å². The lowest BCUT2D eigenvalue weighted by Crippen LogP contribution is -2.45. The van der Waals surface area contributed by atoms with E-state index in [1.165, 1.54) is 32.1 Å². The Bertz CT molecular complexity index is 365. The Morgan fingerprint density at radius 2 is 2.10 bits per heavy atom. The molecule has 2 heterocycles. The summed E-state index contributed by atoms with van der Waals surface area (Å²) in [7, 11) is 0. The molecule has 3 fully saturated rings. The van der Waals surface area contributed by atoms with Crippen LogP contribution >= 0.6 is 11.8 Å². The quantitative estimate of drug-likeness (QED) is 0.828. The number of amides is 1. The van der Waals surface area contributed by atoms with Crippen molar-refractivity contribution in [2.24, 2.45) is 5.92 Å². The van der Waals surface area contributed by atoms with Gasteiger partial charge in [0, 0.05) is 24.9 Å². The van der Waals surface area contributed by atoms with Gasteiger partial charge in [0.15, 0.2) is 0 Å². The third-order valence-electron chi connectivity index (χ3n) is 5.36. The molecule has 21 heavy (non-hydrogen) atoms. The average Bonchev–Trinajstić information content (AvgIpc) is 3.16. The second kappa shape index (κ2) is 6.88. The zero-order valence-electron chi connectivity index (χ0n) is 12.9. The minimum Gasteiger partial charge on any atom is -0.387 e. The van der Waals surface area contributed by atoms with Crippen LogP contribution in [0.2, 0.25) is 0 Å². The fourth-order valence-corrected chi connectivity index (χ4v) is 5.21. The molecule has 2 N–H and O–H groups in total. The van der Waals surface area contributed by atoms with E-state index >= 15 is 0 Å². The Balaban J connectivity index is 1.43. The van der Waals surface area contributed by atoms with Gasteiger partial charge in [0.05, 0.1) is 11.5 Å². The van der Waals surface area contributed by atoms with Gasteiger partial charge in [0.2, 0.25) is 5.91 Å². The molecule has 1 aliphatic carbocycles. The molecule has 4 nitrogen and oxygen atoms in total. The minimum atomic E-state index is -0.665. The van der Waals surface area contributed by atoms with E-state index in [2.05, 4.69) is 10.2 Å². The van der Waals surface area contributed by atoms with Gasteiger partial charge in [-0.05, 0) is 38.0 Å². The molecule has 2 atom stereocenters. The maximum atomic E-state index is 12.3. The highest BCUT2D eigenvalue weighted by Crippen LogP contribution is 2.29. The predicted molar refractivity (Wildman–Crippen MR) is 86.5 cm³/mol. The molecule has 2 aliphatic heterocycles. The Labute approximate surface area is 132 Å². The highest BCUT2D eigenvalue weighted by atomic mass is 32.2. The van der Waals surface area contributed by atoms with Crippen molar-refractivity contribution in [3.05, 3.63) is 0 Å². The zero-order valence-corrected chi connectivity index (χ0v) is 13.7. The van der Waals surface area contributed by atoms with Crippen LogP contribution in [0, 0.1) is 5.92 Å². The maximum Gasteiger partial charge on any atom is 0.224 e. The van der Waals surface area contributed by atoms with Crippen LogP contribution in [-0.2, 0) is 4.79 Å². The lowest BCUT2D eigenvalue weighted by Gasteiger charge is -2.31. The summed E-state index contributed by atoms with van der Waals surface area (Å²) >= 11 is 1.77. The highest BCUT2D eigenvalue weighted by Gasteiger charge is 2.35. The Morgan fingerprint density at radius 3 is 2.81 bits per heavy atom. The third-order valence-corrected chi connectivity index (χ3v) is 6.59. The van der Waals surface area contributed by atoms with Gasteiger partial charge in [-0.25, -0.2) is 0 Å². The molecule has 5 heteroatoms. The normalized spacial score (nSPS) is 35.2. The van der Waals surface area contributed by atoms with Crippen LogP contribution in [0.15, 0.2) is 0 Å². The van der Waals surface area contributed by atoms with Gasteiger partial charge in [-0.1, -0.05) is 19.3 Å². The summed E-state index contributed by atoms with van der Waals surface area (Å²) in [6.07, 6.45) is 8.49. The number of rotatable bonds is 4. The molecule has 2 saturated heterocycles. The second-order valence-electron chi connectivity index (χ2n) is 7.02. The molecular weight excluding hydrogens is 284 g/mol. The van der Waals surface area contributed by atoms with Crippen LogP contribution in [0.1, 0.15) is 44.9 Å². The van der Waals surface area contributed by atoms with Gasteiger partial charge in [0.25, 0.3) is 0 Å². The number of carbonyl (C=O) groups excluding carboxylic acids is 1. The minimum absolute atomic E-state index is 0.129. The molecule has 1 amide bonds. The number of nitrogens with one attached hydrogen (secondary N) is 1. The smallest absolute Gasteiger partial charge is 0.224 e. The SMILES string of the molecule is O=C(NCC1(O)CCSC1)C1CCN(C2CCCCC2)C1. The lowest BCUT2D eigenvalue weighted by atomic mass is 9.94. The fraction of sp³-hybridized carbons (Fsp3) is 0.938. The molecular formula is C16H28N2O2S. The number of hydrogen-bond donors (Lipinski definition) is 2. The van der Waals surface area contributed by atoms with Crippen LogP contribution in [0.5, 0.6) is 0 Å². The van der Waals surface area contributed by atoms with Crippen LogP contribution in [-0.4, -0.2) is 58.7 Å². The highest BCUT2D eigenvalue weighted by molar-refractivity contribution is 7.99. The largest absolute Gasteiger partial charge is 0.387 e. The summed E-state index contributed by atoms with van der Waals surface area (Å²) in [5, 5.41) is 13.3. The van der Waals surface area contributed by atoms with Gasteiger partial charge in [-0.2, -0.15) is 11.8 Å². The van der Waals surface area contributed by atoms with Crippen LogP contribution in [0.3, 0.4) is 0 Å². The molecule has 120 valence electrons. The summed E-state index contributed by atoms with van der Waals surface area (Å²) in [6.45, 7) is 2.42. The predicted octanol–water partition coefficient (Wildman–Crippen LogP) is 1.63. The van der Waals surface area contributed by atoms with E-state index in [0.29, 0.717) is 12.6 Å². The first kappa shape index (κ1) is 15.6. The van der Waals surface area contributed by atoms with Gasteiger partial charge in [0.1, 0.15) is 0 Å². The summed E-state index contributed by atoms with van der Waals surface area (Å²) in [5.41, 5.74) is -0.665. The average molecular weight is 312 g/mol. The van der Waals surface area contributed by atoms with E-state index in [-0.39, 0.29) is 11.8 Å². The molecule has 0 spiro atoms.